The molecule has 1 aliphatic rings. The molecule has 2 aromatic rings. The zero-order valence-electron chi connectivity index (χ0n) is 17.1. The second-order valence-corrected chi connectivity index (χ2v) is 6.52. The van der Waals surface area contributed by atoms with Crippen LogP contribution in [0.25, 0.3) is 0 Å². The van der Waals surface area contributed by atoms with Crippen LogP contribution in [-0.4, -0.2) is 57.2 Å². The smallest absolute Gasteiger partial charge is 0.306 e. The maximum Gasteiger partial charge on any atom is 0.306 e. The number of hydrogen-bond acceptors (Lipinski definition) is 7. The van der Waals surface area contributed by atoms with Crippen molar-refractivity contribution in [2.75, 3.05) is 34.5 Å². The van der Waals surface area contributed by atoms with Crippen LogP contribution in [0.15, 0.2) is 36.4 Å². The van der Waals surface area contributed by atoms with Crippen LogP contribution in [0.1, 0.15) is 32.7 Å². The summed E-state index contributed by atoms with van der Waals surface area (Å²) in [5, 5.41) is 0. The van der Waals surface area contributed by atoms with E-state index in [9.17, 15) is 14.4 Å². The summed E-state index contributed by atoms with van der Waals surface area (Å²) in [5.41, 5.74) is 1.51. The third-order valence-electron chi connectivity index (χ3n) is 4.84. The van der Waals surface area contributed by atoms with Crippen molar-refractivity contribution >= 4 is 17.8 Å². The SMILES string of the molecule is COc1ccc(CCC(=O)OCCN2C(=O)c3ccccc3C2=O)c(OC)c1OC. The Morgan fingerprint density at radius 2 is 1.50 bits per heavy atom. The second-order valence-electron chi connectivity index (χ2n) is 6.52. The lowest BCUT2D eigenvalue weighted by molar-refractivity contribution is -0.143. The molecule has 0 aromatic heterocycles. The number of imide groups is 1. The molecule has 0 saturated heterocycles. The maximum atomic E-state index is 12.3. The Morgan fingerprint density at radius 3 is 2.07 bits per heavy atom. The lowest BCUT2D eigenvalue weighted by Gasteiger charge is -2.16. The fourth-order valence-electron chi connectivity index (χ4n) is 3.36. The van der Waals surface area contributed by atoms with Crippen molar-refractivity contribution in [3.05, 3.63) is 53.1 Å². The second kappa shape index (κ2) is 9.30. The molecule has 0 saturated carbocycles. The molecule has 0 aliphatic carbocycles. The Balaban J connectivity index is 1.53. The van der Waals surface area contributed by atoms with Gasteiger partial charge >= 0.3 is 5.97 Å². The highest BCUT2D eigenvalue weighted by Gasteiger charge is 2.34. The number of esters is 1. The molecule has 30 heavy (non-hydrogen) atoms. The molecule has 1 heterocycles. The van der Waals surface area contributed by atoms with E-state index in [2.05, 4.69) is 0 Å². The first-order chi connectivity index (χ1) is 14.5. The predicted octanol–water partition coefficient (Wildman–Crippen LogP) is 2.48. The van der Waals surface area contributed by atoms with E-state index in [1.54, 1.807) is 36.4 Å². The van der Waals surface area contributed by atoms with Crippen molar-refractivity contribution in [3.63, 3.8) is 0 Å². The van der Waals surface area contributed by atoms with Crippen LogP contribution in [0, 0.1) is 0 Å². The van der Waals surface area contributed by atoms with Crippen molar-refractivity contribution in [2.45, 2.75) is 12.8 Å². The lowest BCUT2D eigenvalue weighted by Crippen LogP contribution is -2.33. The van der Waals surface area contributed by atoms with Gasteiger partial charge in [-0.25, -0.2) is 0 Å². The Bertz CT molecular complexity index is 935. The van der Waals surface area contributed by atoms with Crippen LogP contribution >= 0.6 is 0 Å². The van der Waals surface area contributed by atoms with Gasteiger partial charge in [0, 0.05) is 6.42 Å². The number of ether oxygens (including phenoxy) is 4. The van der Waals surface area contributed by atoms with E-state index in [4.69, 9.17) is 18.9 Å². The molecular formula is C22H23NO7. The average Bonchev–Trinajstić information content (AvgIpc) is 3.01. The van der Waals surface area contributed by atoms with E-state index in [0.717, 1.165) is 10.5 Å². The van der Waals surface area contributed by atoms with Crippen molar-refractivity contribution in [1.82, 2.24) is 4.90 Å². The summed E-state index contributed by atoms with van der Waals surface area (Å²) in [6.07, 6.45) is 0.476. The molecule has 0 spiro atoms. The molecule has 2 amide bonds. The van der Waals surface area contributed by atoms with E-state index in [-0.39, 0.29) is 31.4 Å². The first-order valence-electron chi connectivity index (χ1n) is 9.40. The summed E-state index contributed by atoms with van der Waals surface area (Å²) >= 11 is 0. The fraction of sp³-hybridized carbons (Fsp3) is 0.318. The summed E-state index contributed by atoms with van der Waals surface area (Å²) in [6, 6.07) is 10.2. The van der Waals surface area contributed by atoms with E-state index in [1.807, 2.05) is 0 Å². The molecule has 8 nitrogen and oxygen atoms in total. The minimum absolute atomic E-state index is 0.0117. The number of benzene rings is 2. The van der Waals surface area contributed by atoms with Gasteiger partial charge in [-0.05, 0) is 30.2 Å². The first kappa shape index (κ1) is 21.2. The maximum absolute atomic E-state index is 12.3. The monoisotopic (exact) mass is 413 g/mol. The van der Waals surface area contributed by atoms with Crippen LogP contribution in [0.4, 0.5) is 0 Å². The minimum atomic E-state index is -0.441. The molecule has 158 valence electrons. The van der Waals surface area contributed by atoms with Gasteiger partial charge in [0.2, 0.25) is 5.75 Å². The molecule has 0 N–H and O–H groups in total. The van der Waals surface area contributed by atoms with Crippen molar-refractivity contribution in [3.8, 4) is 17.2 Å². The van der Waals surface area contributed by atoms with Gasteiger partial charge in [-0.3, -0.25) is 19.3 Å². The molecule has 0 atom stereocenters. The van der Waals surface area contributed by atoms with Gasteiger partial charge in [-0.15, -0.1) is 0 Å². The van der Waals surface area contributed by atoms with E-state index < -0.39 is 5.97 Å². The molecule has 0 fully saturated rings. The van der Waals surface area contributed by atoms with Crippen molar-refractivity contribution in [2.24, 2.45) is 0 Å². The van der Waals surface area contributed by atoms with Gasteiger partial charge < -0.3 is 18.9 Å². The highest BCUT2D eigenvalue weighted by Crippen LogP contribution is 2.40. The number of fused-ring (bicyclic) bond motifs is 1. The third kappa shape index (κ3) is 4.07. The van der Waals surface area contributed by atoms with Crippen LogP contribution in [0.2, 0.25) is 0 Å². The molecule has 3 rings (SSSR count). The summed E-state index contributed by atoms with van der Waals surface area (Å²) in [4.78, 5) is 37.8. The zero-order valence-corrected chi connectivity index (χ0v) is 17.1. The minimum Gasteiger partial charge on any atom is -0.493 e. The largest absolute Gasteiger partial charge is 0.493 e. The molecule has 2 aromatic carbocycles. The Labute approximate surface area is 174 Å². The fourth-order valence-corrected chi connectivity index (χ4v) is 3.36. The summed E-state index contributed by atoms with van der Waals surface area (Å²) in [7, 11) is 4.56. The Morgan fingerprint density at radius 1 is 0.867 bits per heavy atom. The normalized spacial score (nSPS) is 12.6. The number of amides is 2. The standard InChI is InChI=1S/C22H23NO7/c1-27-17-10-8-14(19(28-2)20(17)29-3)9-11-18(24)30-13-12-23-21(25)15-6-4-5-7-16(15)22(23)26/h4-8,10H,9,11-13H2,1-3H3. The molecule has 1 aliphatic heterocycles. The van der Waals surface area contributed by atoms with Gasteiger partial charge in [-0.2, -0.15) is 0 Å². The van der Waals surface area contributed by atoms with Gasteiger partial charge in [-0.1, -0.05) is 18.2 Å². The van der Waals surface area contributed by atoms with Gasteiger partial charge in [0.25, 0.3) is 11.8 Å². The quantitative estimate of drug-likeness (QED) is 0.461. The number of aryl methyl sites for hydroxylation is 1. The molecular weight excluding hydrogens is 390 g/mol. The number of nitrogens with zero attached hydrogens (tertiary/aromatic N) is 1. The third-order valence-corrected chi connectivity index (χ3v) is 4.84. The highest BCUT2D eigenvalue weighted by atomic mass is 16.5. The average molecular weight is 413 g/mol. The van der Waals surface area contributed by atoms with Gasteiger partial charge in [0.15, 0.2) is 11.5 Å². The van der Waals surface area contributed by atoms with E-state index in [0.29, 0.717) is 34.8 Å². The molecule has 0 bridgehead atoms. The summed E-state index contributed by atoms with van der Waals surface area (Å²) in [5.74, 6) is 0.292. The van der Waals surface area contributed by atoms with Crippen LogP contribution in [0.3, 0.4) is 0 Å². The summed E-state index contributed by atoms with van der Waals surface area (Å²) < 4.78 is 21.2. The molecule has 8 heteroatoms. The topological polar surface area (TPSA) is 91.4 Å². The van der Waals surface area contributed by atoms with Crippen LogP contribution < -0.4 is 14.2 Å². The van der Waals surface area contributed by atoms with Crippen LogP contribution in [-0.2, 0) is 16.0 Å². The predicted molar refractivity (Wildman–Crippen MR) is 107 cm³/mol. The number of hydrogen-bond donors (Lipinski definition) is 0. The summed E-state index contributed by atoms with van der Waals surface area (Å²) in [6.45, 7) is -0.0505. The highest BCUT2D eigenvalue weighted by molar-refractivity contribution is 6.21. The van der Waals surface area contributed by atoms with E-state index >= 15 is 0 Å². The Kier molecular flexibility index (Phi) is 6.56. The number of methoxy groups -OCH3 is 3. The van der Waals surface area contributed by atoms with E-state index in [1.165, 1.54) is 21.3 Å². The van der Waals surface area contributed by atoms with Gasteiger partial charge in [0.05, 0.1) is 39.0 Å². The lowest BCUT2D eigenvalue weighted by atomic mass is 10.1. The van der Waals surface area contributed by atoms with Crippen molar-refractivity contribution in [1.29, 1.82) is 0 Å². The number of rotatable bonds is 9. The zero-order chi connectivity index (χ0) is 21.7. The molecule has 0 unspecified atom stereocenters. The van der Waals surface area contributed by atoms with Crippen molar-refractivity contribution < 1.29 is 33.3 Å². The Hall–Kier alpha value is -3.55. The number of carbonyl (C=O) groups excluding carboxylic acids is 3. The first-order valence-corrected chi connectivity index (χ1v) is 9.40. The van der Waals surface area contributed by atoms with Crippen LogP contribution in [0.5, 0.6) is 17.2 Å². The van der Waals surface area contributed by atoms with Gasteiger partial charge in [0.1, 0.15) is 6.61 Å². The number of carbonyl (C=O) groups is 3. The molecule has 0 radical (unpaired) electrons.